The maximum absolute atomic E-state index is 11.8. The zero-order valence-corrected chi connectivity index (χ0v) is 9.01. The lowest BCUT2D eigenvalue weighted by Gasteiger charge is -2.10. The fourth-order valence-corrected chi connectivity index (χ4v) is 1.34. The summed E-state index contributed by atoms with van der Waals surface area (Å²) in [6.45, 7) is 1.83. The lowest BCUT2D eigenvalue weighted by molar-refractivity contribution is 0.0930. The molecule has 2 aromatic heterocycles. The zero-order valence-electron chi connectivity index (χ0n) is 9.01. The second kappa shape index (κ2) is 4.13. The van der Waals surface area contributed by atoms with Crippen LogP contribution in [0.2, 0.25) is 0 Å². The second-order valence-corrected chi connectivity index (χ2v) is 3.46. The van der Waals surface area contributed by atoms with Gasteiger partial charge in [0.2, 0.25) is 0 Å². The molecule has 1 amide bonds. The summed E-state index contributed by atoms with van der Waals surface area (Å²) in [6.07, 6.45) is 4.50. The van der Waals surface area contributed by atoms with Crippen LogP contribution in [0.3, 0.4) is 0 Å². The van der Waals surface area contributed by atoms with Gasteiger partial charge in [-0.25, -0.2) is 9.97 Å². The molecule has 84 valence electrons. The number of carbonyl (C=O) groups is 1. The number of hydrogen-bond donors (Lipinski definition) is 2. The number of nitrogens with one attached hydrogen (secondary N) is 2. The number of carbonyl (C=O) groups excluding carboxylic acids is 1. The quantitative estimate of drug-likeness (QED) is 0.763. The third-order valence-corrected chi connectivity index (χ3v) is 2.24. The number of nitrogens with zero attached hydrogens (tertiary/aromatic N) is 4. The number of rotatable bonds is 3. The molecular formula is C9H12N6O. The van der Waals surface area contributed by atoms with E-state index < -0.39 is 0 Å². The molecule has 0 aromatic carbocycles. The van der Waals surface area contributed by atoms with Crippen molar-refractivity contribution >= 4 is 5.91 Å². The predicted molar refractivity (Wildman–Crippen MR) is 55.5 cm³/mol. The Morgan fingerprint density at radius 1 is 1.62 bits per heavy atom. The zero-order chi connectivity index (χ0) is 11.5. The Hall–Kier alpha value is -2.18. The van der Waals surface area contributed by atoms with Crippen LogP contribution in [0.5, 0.6) is 0 Å². The van der Waals surface area contributed by atoms with Gasteiger partial charge in [0.25, 0.3) is 5.91 Å². The number of hydrogen-bond acceptors (Lipinski definition) is 4. The second-order valence-electron chi connectivity index (χ2n) is 3.46. The predicted octanol–water partition coefficient (Wildman–Crippen LogP) is 0.0292. The fourth-order valence-electron chi connectivity index (χ4n) is 1.34. The van der Waals surface area contributed by atoms with E-state index in [0.29, 0.717) is 11.5 Å². The van der Waals surface area contributed by atoms with Crippen molar-refractivity contribution in [1.82, 2.24) is 30.0 Å². The van der Waals surface area contributed by atoms with Crippen LogP contribution in [0.15, 0.2) is 18.9 Å². The van der Waals surface area contributed by atoms with Crippen molar-refractivity contribution in [1.29, 1.82) is 0 Å². The van der Waals surface area contributed by atoms with Crippen molar-refractivity contribution in [2.24, 2.45) is 7.05 Å². The van der Waals surface area contributed by atoms with Crippen molar-refractivity contribution < 1.29 is 4.79 Å². The first kappa shape index (κ1) is 10.3. The third kappa shape index (κ3) is 1.92. The number of imidazole rings is 1. The van der Waals surface area contributed by atoms with Crippen molar-refractivity contribution in [3.8, 4) is 0 Å². The standard InChI is InChI=1S/C9H12N6O/c1-6(8-11-4-12-14-8)13-9(16)7-3-10-5-15(7)2/h3-6H,1-2H3,(H,13,16)(H,11,12,14). The average molecular weight is 220 g/mol. The molecule has 2 aromatic rings. The highest BCUT2D eigenvalue weighted by Gasteiger charge is 2.15. The van der Waals surface area contributed by atoms with Crippen LogP contribution in [0.4, 0.5) is 0 Å². The molecule has 2 N–H and O–H groups in total. The maximum Gasteiger partial charge on any atom is 0.270 e. The minimum absolute atomic E-state index is 0.191. The summed E-state index contributed by atoms with van der Waals surface area (Å²) in [5, 5.41) is 9.22. The average Bonchev–Trinajstić information content (AvgIpc) is 2.86. The van der Waals surface area contributed by atoms with Gasteiger partial charge in [0.15, 0.2) is 0 Å². The molecule has 0 saturated heterocycles. The molecule has 0 fully saturated rings. The van der Waals surface area contributed by atoms with Gasteiger partial charge in [0.1, 0.15) is 17.8 Å². The molecule has 0 bridgehead atoms. The summed E-state index contributed by atoms with van der Waals surface area (Å²) in [6, 6.07) is -0.218. The van der Waals surface area contributed by atoms with Crippen LogP contribution in [-0.2, 0) is 7.05 Å². The molecule has 0 aliphatic rings. The minimum atomic E-state index is -0.218. The SMILES string of the molecule is CC(NC(=O)c1cncn1C)c1ncn[nH]1. The molecule has 0 spiro atoms. The molecule has 2 rings (SSSR count). The maximum atomic E-state index is 11.8. The molecule has 7 nitrogen and oxygen atoms in total. The lowest BCUT2D eigenvalue weighted by Crippen LogP contribution is -2.28. The smallest absolute Gasteiger partial charge is 0.270 e. The Kier molecular flexibility index (Phi) is 2.67. The van der Waals surface area contributed by atoms with Crippen LogP contribution < -0.4 is 5.32 Å². The van der Waals surface area contributed by atoms with Gasteiger partial charge in [0, 0.05) is 7.05 Å². The van der Waals surface area contributed by atoms with E-state index in [9.17, 15) is 4.79 Å². The van der Waals surface area contributed by atoms with E-state index in [4.69, 9.17) is 0 Å². The molecule has 2 heterocycles. The Balaban J connectivity index is 2.06. The van der Waals surface area contributed by atoms with Gasteiger partial charge in [-0.15, -0.1) is 0 Å². The molecule has 7 heteroatoms. The van der Waals surface area contributed by atoms with Crippen molar-refractivity contribution in [3.63, 3.8) is 0 Å². The molecular weight excluding hydrogens is 208 g/mol. The van der Waals surface area contributed by atoms with Gasteiger partial charge >= 0.3 is 0 Å². The summed E-state index contributed by atoms with van der Waals surface area (Å²) < 4.78 is 1.66. The van der Waals surface area contributed by atoms with Gasteiger partial charge in [-0.3, -0.25) is 9.89 Å². The molecule has 0 aliphatic heterocycles. The van der Waals surface area contributed by atoms with E-state index in [0.717, 1.165) is 0 Å². The molecule has 0 radical (unpaired) electrons. The van der Waals surface area contributed by atoms with Crippen molar-refractivity contribution in [3.05, 3.63) is 30.4 Å². The number of aryl methyl sites for hydroxylation is 1. The Morgan fingerprint density at radius 2 is 2.44 bits per heavy atom. The number of H-pyrrole nitrogens is 1. The topological polar surface area (TPSA) is 88.5 Å². The van der Waals surface area contributed by atoms with Crippen LogP contribution in [-0.4, -0.2) is 30.6 Å². The first-order chi connectivity index (χ1) is 7.68. The third-order valence-electron chi connectivity index (χ3n) is 2.24. The summed E-state index contributed by atoms with van der Waals surface area (Å²) in [5.74, 6) is 0.430. The van der Waals surface area contributed by atoms with Crippen LogP contribution in [0, 0.1) is 0 Å². The normalized spacial score (nSPS) is 12.4. The molecule has 1 unspecified atom stereocenters. The molecule has 16 heavy (non-hydrogen) atoms. The van der Waals surface area contributed by atoms with Gasteiger partial charge in [-0.05, 0) is 6.92 Å². The van der Waals surface area contributed by atoms with E-state index in [1.54, 1.807) is 17.9 Å². The highest BCUT2D eigenvalue weighted by atomic mass is 16.2. The largest absolute Gasteiger partial charge is 0.341 e. The number of aromatic nitrogens is 5. The van der Waals surface area contributed by atoms with Crippen LogP contribution >= 0.6 is 0 Å². The van der Waals surface area contributed by atoms with Gasteiger partial charge in [0.05, 0.1) is 18.6 Å². The Labute approximate surface area is 91.9 Å². The highest BCUT2D eigenvalue weighted by Crippen LogP contribution is 2.06. The first-order valence-electron chi connectivity index (χ1n) is 4.81. The Morgan fingerprint density at radius 3 is 3.00 bits per heavy atom. The van der Waals surface area contributed by atoms with E-state index >= 15 is 0 Å². The number of aromatic amines is 1. The van der Waals surface area contributed by atoms with E-state index in [1.165, 1.54) is 12.5 Å². The summed E-state index contributed by atoms with van der Waals surface area (Å²) in [5.41, 5.74) is 0.506. The van der Waals surface area contributed by atoms with E-state index in [2.05, 4.69) is 25.5 Å². The van der Waals surface area contributed by atoms with Crippen molar-refractivity contribution in [2.45, 2.75) is 13.0 Å². The Bertz CT molecular complexity index is 474. The van der Waals surface area contributed by atoms with Crippen LogP contribution in [0.1, 0.15) is 29.3 Å². The highest BCUT2D eigenvalue weighted by molar-refractivity contribution is 5.92. The van der Waals surface area contributed by atoms with Crippen molar-refractivity contribution in [2.75, 3.05) is 0 Å². The molecule has 1 atom stereocenters. The van der Waals surface area contributed by atoms with Gasteiger partial charge < -0.3 is 9.88 Å². The number of amides is 1. The summed E-state index contributed by atoms with van der Waals surface area (Å²) in [4.78, 5) is 19.6. The monoisotopic (exact) mass is 220 g/mol. The molecule has 0 aliphatic carbocycles. The lowest BCUT2D eigenvalue weighted by atomic mass is 10.3. The van der Waals surface area contributed by atoms with E-state index in [-0.39, 0.29) is 11.9 Å². The minimum Gasteiger partial charge on any atom is -0.341 e. The molecule has 0 saturated carbocycles. The summed E-state index contributed by atoms with van der Waals surface area (Å²) in [7, 11) is 1.76. The van der Waals surface area contributed by atoms with Gasteiger partial charge in [-0.1, -0.05) is 0 Å². The van der Waals surface area contributed by atoms with Crippen LogP contribution in [0.25, 0.3) is 0 Å². The summed E-state index contributed by atoms with van der Waals surface area (Å²) >= 11 is 0. The van der Waals surface area contributed by atoms with E-state index in [1.807, 2.05) is 6.92 Å². The fraction of sp³-hybridized carbons (Fsp3) is 0.333. The first-order valence-corrected chi connectivity index (χ1v) is 4.81. The van der Waals surface area contributed by atoms with Gasteiger partial charge in [-0.2, -0.15) is 5.10 Å².